The highest BCUT2D eigenvalue weighted by molar-refractivity contribution is 5.32. The number of unbranched alkanes of at least 4 members (excludes halogenated alkanes) is 3. The summed E-state index contributed by atoms with van der Waals surface area (Å²) in [4.78, 5) is 17.6. The van der Waals surface area contributed by atoms with Gasteiger partial charge in [-0.15, -0.1) is 0 Å². The Hall–Kier alpha value is -1.32. The first kappa shape index (κ1) is 12.7. The summed E-state index contributed by atoms with van der Waals surface area (Å²) in [6, 6.07) is 1.86. The highest BCUT2D eigenvalue weighted by Gasteiger charge is 2.02. The minimum Gasteiger partial charge on any atom is -0.367 e. The Labute approximate surface area is 96.5 Å². The maximum absolute atomic E-state index is 11.0. The fraction of sp³-hybridized carbons (Fsp3) is 0.667. The molecule has 1 aromatic heterocycles. The van der Waals surface area contributed by atoms with Crippen LogP contribution in [0.1, 0.15) is 46.0 Å². The summed E-state index contributed by atoms with van der Waals surface area (Å²) in [6.07, 6.45) is 7.62. The second kappa shape index (κ2) is 7.04. The summed E-state index contributed by atoms with van der Waals surface area (Å²) >= 11 is 0. The standard InChI is InChI=1S/C12H21N3O/c1-3-4-5-6-7-10(2)15-11-8-12(16)14-9-13-11/h8-10H,3-7H2,1-2H3,(H2,13,14,15,16). The van der Waals surface area contributed by atoms with E-state index < -0.39 is 0 Å². The van der Waals surface area contributed by atoms with E-state index in [2.05, 4.69) is 29.1 Å². The van der Waals surface area contributed by atoms with Crippen molar-refractivity contribution < 1.29 is 0 Å². The van der Waals surface area contributed by atoms with Crippen molar-refractivity contribution in [2.45, 2.75) is 52.0 Å². The van der Waals surface area contributed by atoms with Crippen LogP contribution >= 0.6 is 0 Å². The van der Waals surface area contributed by atoms with Gasteiger partial charge in [0.2, 0.25) is 0 Å². The van der Waals surface area contributed by atoms with E-state index in [1.54, 1.807) is 0 Å². The maximum Gasteiger partial charge on any atom is 0.252 e. The smallest absolute Gasteiger partial charge is 0.252 e. The first-order valence-corrected chi connectivity index (χ1v) is 6.03. The predicted molar refractivity (Wildman–Crippen MR) is 66.7 cm³/mol. The van der Waals surface area contributed by atoms with Gasteiger partial charge in [-0.05, 0) is 13.3 Å². The van der Waals surface area contributed by atoms with Gasteiger partial charge in [0.05, 0.1) is 6.33 Å². The molecule has 0 aliphatic heterocycles. The van der Waals surface area contributed by atoms with Crippen LogP contribution < -0.4 is 10.9 Å². The van der Waals surface area contributed by atoms with Crippen LogP contribution in [0.4, 0.5) is 5.82 Å². The molecule has 1 unspecified atom stereocenters. The molecule has 0 amide bonds. The predicted octanol–water partition coefficient (Wildman–Crippen LogP) is 2.54. The van der Waals surface area contributed by atoms with Gasteiger partial charge in [-0.1, -0.05) is 32.6 Å². The van der Waals surface area contributed by atoms with E-state index in [0.717, 1.165) is 6.42 Å². The zero-order chi connectivity index (χ0) is 11.8. The van der Waals surface area contributed by atoms with Crippen molar-refractivity contribution in [2.75, 3.05) is 5.32 Å². The van der Waals surface area contributed by atoms with Gasteiger partial charge in [0, 0.05) is 12.1 Å². The van der Waals surface area contributed by atoms with E-state index in [1.807, 2.05) is 0 Å². The summed E-state index contributed by atoms with van der Waals surface area (Å²) < 4.78 is 0. The Morgan fingerprint density at radius 1 is 1.44 bits per heavy atom. The molecule has 0 aliphatic carbocycles. The van der Waals surface area contributed by atoms with Gasteiger partial charge < -0.3 is 10.3 Å². The Kier molecular flexibility index (Phi) is 5.61. The highest BCUT2D eigenvalue weighted by Crippen LogP contribution is 2.08. The third kappa shape index (κ3) is 4.96. The summed E-state index contributed by atoms with van der Waals surface area (Å²) in [7, 11) is 0. The second-order valence-electron chi connectivity index (χ2n) is 4.19. The van der Waals surface area contributed by atoms with E-state index in [-0.39, 0.29) is 5.56 Å². The van der Waals surface area contributed by atoms with Crippen LogP contribution in [0.2, 0.25) is 0 Å². The van der Waals surface area contributed by atoms with Gasteiger partial charge in [0.25, 0.3) is 5.56 Å². The quantitative estimate of drug-likeness (QED) is 0.698. The fourth-order valence-electron chi connectivity index (χ4n) is 1.65. The number of rotatable bonds is 7. The number of aromatic amines is 1. The van der Waals surface area contributed by atoms with E-state index in [9.17, 15) is 4.79 Å². The molecule has 1 aromatic rings. The number of hydrogen-bond donors (Lipinski definition) is 2. The summed E-state index contributed by atoms with van der Waals surface area (Å²) in [6.45, 7) is 4.33. The number of hydrogen-bond acceptors (Lipinski definition) is 3. The summed E-state index contributed by atoms with van der Waals surface area (Å²) in [5.41, 5.74) is -0.115. The monoisotopic (exact) mass is 223 g/mol. The molecule has 4 heteroatoms. The van der Waals surface area contributed by atoms with Crippen molar-refractivity contribution in [1.82, 2.24) is 9.97 Å². The third-order valence-corrected chi connectivity index (χ3v) is 2.56. The van der Waals surface area contributed by atoms with Crippen molar-refractivity contribution in [1.29, 1.82) is 0 Å². The van der Waals surface area contributed by atoms with Crippen LogP contribution in [-0.4, -0.2) is 16.0 Å². The van der Waals surface area contributed by atoms with Crippen LogP contribution in [0.15, 0.2) is 17.2 Å². The molecule has 1 rings (SSSR count). The molecular weight excluding hydrogens is 202 g/mol. The van der Waals surface area contributed by atoms with Crippen molar-refractivity contribution in [3.05, 3.63) is 22.7 Å². The maximum atomic E-state index is 11.0. The lowest BCUT2D eigenvalue weighted by Gasteiger charge is -2.13. The van der Waals surface area contributed by atoms with Crippen LogP contribution in [0.5, 0.6) is 0 Å². The lowest BCUT2D eigenvalue weighted by molar-refractivity contribution is 0.593. The van der Waals surface area contributed by atoms with E-state index in [0.29, 0.717) is 11.9 Å². The van der Waals surface area contributed by atoms with Crippen LogP contribution in [0.25, 0.3) is 0 Å². The molecule has 1 heterocycles. The molecule has 0 spiro atoms. The van der Waals surface area contributed by atoms with Gasteiger partial charge in [0.15, 0.2) is 0 Å². The molecule has 16 heavy (non-hydrogen) atoms. The van der Waals surface area contributed by atoms with E-state index in [4.69, 9.17) is 0 Å². The van der Waals surface area contributed by atoms with Crippen LogP contribution in [0, 0.1) is 0 Å². The molecule has 0 radical (unpaired) electrons. The average molecular weight is 223 g/mol. The minimum atomic E-state index is -0.115. The Bertz CT molecular complexity index is 348. The van der Waals surface area contributed by atoms with Crippen molar-refractivity contribution in [2.24, 2.45) is 0 Å². The lowest BCUT2D eigenvalue weighted by Crippen LogP contribution is -2.18. The first-order chi connectivity index (χ1) is 7.72. The van der Waals surface area contributed by atoms with E-state index >= 15 is 0 Å². The zero-order valence-corrected chi connectivity index (χ0v) is 10.1. The minimum absolute atomic E-state index is 0.115. The fourth-order valence-corrected chi connectivity index (χ4v) is 1.65. The molecule has 2 N–H and O–H groups in total. The normalized spacial score (nSPS) is 12.4. The molecule has 0 aromatic carbocycles. The number of nitrogens with one attached hydrogen (secondary N) is 2. The molecule has 0 saturated heterocycles. The van der Waals surface area contributed by atoms with Crippen molar-refractivity contribution in [3.8, 4) is 0 Å². The number of nitrogens with zero attached hydrogens (tertiary/aromatic N) is 1. The van der Waals surface area contributed by atoms with Crippen LogP contribution in [-0.2, 0) is 0 Å². The van der Waals surface area contributed by atoms with Gasteiger partial charge in [-0.2, -0.15) is 0 Å². The molecule has 4 nitrogen and oxygen atoms in total. The van der Waals surface area contributed by atoms with Gasteiger partial charge in [0.1, 0.15) is 5.82 Å². The average Bonchev–Trinajstić information content (AvgIpc) is 2.24. The third-order valence-electron chi connectivity index (χ3n) is 2.56. The molecule has 1 atom stereocenters. The Balaban J connectivity index is 2.28. The van der Waals surface area contributed by atoms with Crippen molar-refractivity contribution in [3.63, 3.8) is 0 Å². The highest BCUT2D eigenvalue weighted by atomic mass is 16.1. The summed E-state index contributed by atoms with van der Waals surface area (Å²) in [5.74, 6) is 0.659. The van der Waals surface area contributed by atoms with Crippen molar-refractivity contribution >= 4 is 5.82 Å². The lowest BCUT2D eigenvalue weighted by atomic mass is 10.1. The molecule has 0 saturated carbocycles. The second-order valence-corrected chi connectivity index (χ2v) is 4.19. The van der Waals surface area contributed by atoms with E-state index in [1.165, 1.54) is 38.1 Å². The topological polar surface area (TPSA) is 57.8 Å². The number of H-pyrrole nitrogens is 1. The molecular formula is C12H21N3O. The molecule has 90 valence electrons. The Morgan fingerprint density at radius 3 is 2.94 bits per heavy atom. The molecule has 0 bridgehead atoms. The first-order valence-electron chi connectivity index (χ1n) is 6.03. The van der Waals surface area contributed by atoms with Gasteiger partial charge >= 0.3 is 0 Å². The largest absolute Gasteiger partial charge is 0.367 e. The molecule has 0 fully saturated rings. The van der Waals surface area contributed by atoms with Crippen LogP contribution in [0.3, 0.4) is 0 Å². The number of anilines is 1. The SMILES string of the molecule is CCCCCCC(C)Nc1cc(=O)[nH]cn1. The summed E-state index contributed by atoms with van der Waals surface area (Å²) in [5, 5.41) is 3.23. The number of aromatic nitrogens is 2. The Morgan fingerprint density at radius 2 is 2.25 bits per heavy atom. The molecule has 0 aliphatic rings. The van der Waals surface area contributed by atoms with Gasteiger partial charge in [-0.25, -0.2) is 4.98 Å². The van der Waals surface area contributed by atoms with Gasteiger partial charge in [-0.3, -0.25) is 4.79 Å². The zero-order valence-electron chi connectivity index (χ0n) is 10.1.